The SMILES string of the molecule is S=S=S=S=S=S=S=S=S=S=S=S=S=S=S=S=S=S=S=S=S=S=S=S=S=S=S=S=S=S=S=S=S=S=S=S=S=S=S=S=S=S=S=S=S=S=S=S=S=S=S=S=S=S=S=S=S.[2H]C([2H])([2H])c1c(Br)nc2c3ccccc3ccn12. The topological polar surface area (TPSA) is 17.3 Å². The van der Waals surface area contributed by atoms with Crippen LogP contribution in [0.15, 0.2) is 41.1 Å². The monoisotopic (exact) mass is 2090 g/mol. The van der Waals surface area contributed by atoms with Crippen molar-refractivity contribution in [3.63, 3.8) is 0 Å². The molecule has 0 aliphatic rings. The van der Waals surface area contributed by atoms with Crippen LogP contribution in [0.4, 0.5) is 0 Å². The molecule has 0 unspecified atom stereocenters. The zero-order valence-corrected chi connectivity index (χ0v) is 79.1. The highest BCUT2D eigenvalue weighted by Gasteiger charge is 2.07. The summed E-state index contributed by atoms with van der Waals surface area (Å²) in [5.74, 6) is 0. The van der Waals surface area contributed by atoms with Crippen molar-refractivity contribution in [3.8, 4) is 0 Å². The Labute approximate surface area is 593 Å². The van der Waals surface area contributed by atoms with Crippen LogP contribution in [-0.2, 0) is 511 Å². The van der Waals surface area contributed by atoms with Crippen molar-refractivity contribution in [1.29, 1.82) is 0 Å². The first-order valence-electron chi connectivity index (χ1n) is 15.4. The second-order valence-electron chi connectivity index (χ2n) is 7.09. The number of aryl methyl sites for hydroxylation is 1. The van der Waals surface area contributed by atoms with E-state index in [2.05, 4.69) is 20.9 Å². The molecule has 0 radical (unpaired) electrons. The Balaban J connectivity index is 0.000000877. The van der Waals surface area contributed by atoms with Gasteiger partial charge in [-0.2, -0.15) is 0 Å². The number of aromatic nitrogens is 2. The Hall–Kier alpha value is 11.2. The summed E-state index contributed by atoms with van der Waals surface area (Å²) in [5, 5.41) is 1.98. The highest BCUT2D eigenvalue weighted by Crippen LogP contribution is 2.24. The maximum Gasteiger partial charge on any atom is 0.146 e. The van der Waals surface area contributed by atoms with Crippen LogP contribution in [0.1, 0.15) is 9.81 Å². The van der Waals surface area contributed by atoms with Gasteiger partial charge in [0, 0.05) is 526 Å². The number of benzene rings is 1. The van der Waals surface area contributed by atoms with Crippen molar-refractivity contribution in [1.82, 2.24) is 9.38 Å². The molecule has 3 rings (SSSR count). The summed E-state index contributed by atoms with van der Waals surface area (Å²) in [6, 6.07) is 9.67. The number of hydrogen-bond donors (Lipinski definition) is 0. The number of imidazole rings is 1. The first kappa shape index (κ1) is 73.9. The third-order valence-electron chi connectivity index (χ3n) is 3.97. The predicted octanol–water partition coefficient (Wildman–Crippen LogP) is 3.42. The quantitative estimate of drug-likeness (QED) is 0.344. The minimum Gasteiger partial charge on any atom is -0.303 e. The van der Waals surface area contributed by atoms with Crippen LogP contribution >= 0.6 is 15.9 Å². The molecule has 60 heteroatoms. The molecule has 0 saturated heterocycles. The molecule has 0 fully saturated rings. The molecule has 0 amide bonds. The van der Waals surface area contributed by atoms with Crippen LogP contribution in [0.5, 0.6) is 0 Å². The van der Waals surface area contributed by atoms with Gasteiger partial charge in [0.1, 0.15) is 10.3 Å². The Kier molecular flexibility index (Phi) is 66.9. The molecular weight excluding hydrogens is 2080 g/mol. The van der Waals surface area contributed by atoms with E-state index in [9.17, 15) is 0 Å². The first-order valence-corrected chi connectivity index (χ1v) is 89.3. The summed E-state index contributed by atoms with van der Waals surface area (Å²) >= 11 is 12.9. The van der Waals surface area contributed by atoms with Gasteiger partial charge in [-0.15, -0.1) is 0 Å². The number of nitrogens with zero attached hydrogens (tertiary/aromatic N) is 2. The lowest BCUT2D eigenvalue weighted by molar-refractivity contribution is 1.11. The Bertz CT molecular complexity index is 5050. The lowest BCUT2D eigenvalue weighted by Crippen LogP contribution is -1.87. The van der Waals surface area contributed by atoms with Crippen molar-refractivity contribution in [2.45, 2.75) is 6.85 Å². The minimum absolute atomic E-state index is 0.211. The summed E-state index contributed by atoms with van der Waals surface area (Å²) in [6.07, 6.45) is 1.75. The third kappa shape index (κ3) is 51.0. The van der Waals surface area contributed by atoms with Gasteiger partial charge in [0.2, 0.25) is 0 Å². The zero-order chi connectivity index (χ0) is 53.8. The fourth-order valence-corrected chi connectivity index (χ4v) is 148. The number of hydrogen-bond acceptors (Lipinski definition) is 3. The molecule has 0 atom stereocenters. The molecule has 1 aromatic carbocycles. The molecule has 0 saturated carbocycles. The molecule has 0 aliphatic heterocycles. The van der Waals surface area contributed by atoms with Gasteiger partial charge in [-0.1, -0.05) is 24.3 Å². The van der Waals surface area contributed by atoms with Gasteiger partial charge in [0.15, 0.2) is 0 Å². The Morgan fingerprint density at radius 1 is 0.347 bits per heavy atom. The predicted molar refractivity (Wildman–Crippen MR) is 485 cm³/mol. The maximum atomic E-state index is 7.56. The van der Waals surface area contributed by atoms with Crippen LogP contribution in [0.3, 0.4) is 0 Å². The molecule has 0 N–H and O–H groups in total. The van der Waals surface area contributed by atoms with Gasteiger partial charge in [-0.3, -0.25) is 0 Å². The summed E-state index contributed by atoms with van der Waals surface area (Å²) in [4.78, 5) is 4.33. The van der Waals surface area contributed by atoms with Gasteiger partial charge in [-0.25, -0.2) is 4.98 Å². The maximum absolute atomic E-state index is 7.56. The minimum atomic E-state index is -2.19. The normalized spacial score (nSPS) is 9.32. The molecule has 3 aromatic rings. The molecule has 0 spiro atoms. The largest absolute Gasteiger partial charge is 0.303 e. The lowest BCUT2D eigenvalue weighted by atomic mass is 10.2. The van der Waals surface area contributed by atoms with Gasteiger partial charge in [-0.05, 0) is 34.2 Å². The molecule has 416 valence electrons. The number of rotatable bonds is 0. The molecule has 2 heterocycles. The number of fused-ring (bicyclic) bond motifs is 3. The summed E-state index contributed by atoms with van der Waals surface area (Å²) in [7, 11) is 98.5. The van der Waals surface area contributed by atoms with E-state index in [1.807, 2.05) is 394 Å². The van der Waals surface area contributed by atoms with E-state index in [0.29, 0.717) is 10.3 Å². The zero-order valence-electron chi connectivity index (χ0n) is 34.0. The second-order valence-corrected chi connectivity index (χ2v) is 105. The van der Waals surface area contributed by atoms with E-state index in [-0.39, 0.29) is 5.69 Å². The lowest BCUT2D eigenvalue weighted by Gasteiger charge is -2.00. The van der Waals surface area contributed by atoms with Crippen molar-refractivity contribution in [2.75, 3.05) is 0 Å². The standard InChI is InChI=1S/C12H9BrN2.S57/c1-8-11(13)14-12-10-5-3-2-4-9(10)6-7-15(8)12;1-3-5-7-9-11-13-15-17-19-21-23-25-27-29-31-33-35-37-39-41-43-45-47-49-51-53-55-57-56-54-52-50-48-46-44-42-40-38-36-34-32-30-28-26-24-22-20-18-16-14-12-10-8-6-4-2/h2-7H,1H3;/i1D3;. The Morgan fingerprint density at radius 2 is 0.569 bits per heavy atom. The fraction of sp³-hybridized carbons (Fsp3) is 0.0833. The van der Waals surface area contributed by atoms with Crippen molar-refractivity contribution < 1.29 is 4.11 Å². The van der Waals surface area contributed by atoms with E-state index in [0.717, 1.165) is 10.8 Å². The third-order valence-corrected chi connectivity index (χ3v) is 125. The molecule has 0 bridgehead atoms. The smallest absolute Gasteiger partial charge is 0.146 e. The van der Waals surface area contributed by atoms with Crippen LogP contribution in [0.2, 0.25) is 0 Å². The van der Waals surface area contributed by atoms with Crippen LogP contribution in [-0.4, -0.2) is 9.38 Å². The highest BCUT2D eigenvalue weighted by molar-refractivity contribution is 9.10. The summed E-state index contributed by atoms with van der Waals surface area (Å²) in [5.41, 5.74) is 0.870. The van der Waals surface area contributed by atoms with Gasteiger partial charge in [0.25, 0.3) is 0 Å². The molecule has 0 aliphatic carbocycles. The average molecular weight is 2090 g/mol. The molecule has 72 heavy (non-hydrogen) atoms. The Morgan fingerprint density at radius 3 is 0.792 bits per heavy atom. The van der Waals surface area contributed by atoms with Gasteiger partial charge < -0.3 is 4.40 Å². The number of pyridine rings is 1. The average Bonchev–Trinajstić information content (AvgIpc) is 3.78. The second kappa shape index (κ2) is 65.2. The first-order chi connectivity index (χ1) is 36.9. The van der Waals surface area contributed by atoms with E-state index < -0.39 is 6.85 Å². The van der Waals surface area contributed by atoms with E-state index >= 15 is 0 Å². The highest BCUT2D eigenvalue weighted by atomic mass is 79.9. The van der Waals surface area contributed by atoms with E-state index in [1.54, 1.807) is 117 Å². The van der Waals surface area contributed by atoms with E-state index in [4.69, 9.17) is 26.5 Å². The van der Waals surface area contributed by atoms with Crippen molar-refractivity contribution in [2.24, 2.45) is 0 Å². The van der Waals surface area contributed by atoms with Crippen LogP contribution in [0.25, 0.3) is 16.4 Å². The van der Waals surface area contributed by atoms with Crippen LogP contribution in [0, 0.1) is 6.85 Å². The van der Waals surface area contributed by atoms with E-state index in [1.165, 1.54) is 17.8 Å². The summed E-state index contributed by atoms with van der Waals surface area (Å²) in [6.45, 7) is -2.19. The van der Waals surface area contributed by atoms with Gasteiger partial charge >= 0.3 is 0 Å². The van der Waals surface area contributed by atoms with Crippen molar-refractivity contribution >= 4 is 543 Å². The molecule has 2 aromatic heterocycles. The summed E-state index contributed by atoms with van der Waals surface area (Å²) < 4.78 is 24.7. The van der Waals surface area contributed by atoms with Crippen molar-refractivity contribution in [3.05, 3.63) is 46.8 Å². The molecular formula is C12H9BrN2S57. The molecule has 2 nitrogen and oxygen atoms in total. The fourth-order valence-electron chi connectivity index (χ4n) is 2.34. The van der Waals surface area contributed by atoms with Crippen LogP contribution < -0.4 is 0 Å². The van der Waals surface area contributed by atoms with Gasteiger partial charge in [0.05, 0.1) is 5.69 Å². The number of halogens is 1.